The van der Waals surface area contributed by atoms with Gasteiger partial charge in [-0.25, -0.2) is 4.39 Å². The fraction of sp³-hybridized carbons (Fsp3) is 0.200. The summed E-state index contributed by atoms with van der Waals surface area (Å²) in [7, 11) is 1.47. The predicted octanol–water partition coefficient (Wildman–Crippen LogP) is 4.54. The van der Waals surface area contributed by atoms with E-state index in [-0.39, 0.29) is 29.9 Å². The van der Waals surface area contributed by atoms with Crippen molar-refractivity contribution in [3.8, 4) is 5.75 Å². The summed E-state index contributed by atoms with van der Waals surface area (Å²) in [5.74, 6) is -1.15. The largest absolute Gasteiger partial charge is 0.495 e. The maximum atomic E-state index is 13.7. The molecular formula is C30H29FN6O4. The number of aromatic amines is 1. The van der Waals surface area contributed by atoms with Crippen LogP contribution in [0.1, 0.15) is 50.6 Å². The van der Waals surface area contributed by atoms with E-state index < -0.39 is 11.8 Å². The van der Waals surface area contributed by atoms with Crippen molar-refractivity contribution in [1.82, 2.24) is 19.7 Å². The van der Waals surface area contributed by atoms with Crippen molar-refractivity contribution in [1.29, 1.82) is 0 Å². The van der Waals surface area contributed by atoms with Crippen LogP contribution in [0.25, 0.3) is 0 Å². The Morgan fingerprint density at radius 2 is 1.95 bits per heavy atom. The Kier molecular flexibility index (Phi) is 7.68. The van der Waals surface area contributed by atoms with E-state index in [9.17, 15) is 18.8 Å². The Bertz CT molecular complexity index is 1610. The normalized spacial score (nSPS) is 14.2. The third-order valence-corrected chi connectivity index (χ3v) is 6.88. The highest BCUT2D eigenvalue weighted by molar-refractivity contribution is 6.05. The first kappa shape index (κ1) is 27.4. The highest BCUT2D eigenvalue weighted by atomic mass is 19.1. The van der Waals surface area contributed by atoms with Gasteiger partial charge in [0.1, 0.15) is 17.3 Å². The first-order chi connectivity index (χ1) is 19.8. The van der Waals surface area contributed by atoms with E-state index >= 15 is 0 Å². The molecule has 2 aromatic carbocycles. The third-order valence-electron chi connectivity index (χ3n) is 6.88. The lowest BCUT2D eigenvalue weighted by Gasteiger charge is -2.32. The van der Waals surface area contributed by atoms with Crippen LogP contribution in [-0.2, 0) is 17.9 Å². The summed E-state index contributed by atoms with van der Waals surface area (Å²) in [5.41, 5.74) is 3.68. The number of nitrogens with one attached hydrogen (secondary N) is 3. The summed E-state index contributed by atoms with van der Waals surface area (Å²) in [6.07, 6.45) is 2.82. The second-order valence-corrected chi connectivity index (χ2v) is 9.73. The molecule has 4 aromatic rings. The first-order valence-corrected chi connectivity index (χ1v) is 13.0. The molecule has 1 aliphatic heterocycles. The number of methoxy groups -OCH3 is 1. The molecule has 0 aliphatic carbocycles. The van der Waals surface area contributed by atoms with Crippen molar-refractivity contribution in [2.75, 3.05) is 24.3 Å². The standard InChI is InChI=1S/C30H29FN6O4/c1-4-26(38)34-24-14-21(11-12-25(24)41-3)33-29(39)27-22-17-36(30(40)23-6-5-13-32-23)15-18(2)28(22)37(35-27)16-19-7-9-20(31)10-8-19/h4-14,18,32H,1,15-17H2,2-3H3,(H,33,39)(H,34,38)/t18-/m1/s1. The number of nitrogens with zero attached hydrogens (tertiary/aromatic N) is 3. The van der Waals surface area contributed by atoms with Crippen LogP contribution < -0.4 is 15.4 Å². The lowest BCUT2D eigenvalue weighted by Crippen LogP contribution is -2.38. The second kappa shape index (κ2) is 11.5. The molecule has 210 valence electrons. The van der Waals surface area contributed by atoms with Crippen LogP contribution in [0, 0.1) is 5.82 Å². The maximum absolute atomic E-state index is 13.7. The number of aromatic nitrogens is 3. The number of hydrogen-bond donors (Lipinski definition) is 3. The quantitative estimate of drug-likeness (QED) is 0.275. The van der Waals surface area contributed by atoms with Gasteiger partial charge < -0.3 is 25.3 Å². The molecular weight excluding hydrogens is 527 g/mol. The van der Waals surface area contributed by atoms with Crippen LogP contribution >= 0.6 is 0 Å². The summed E-state index contributed by atoms with van der Waals surface area (Å²) in [6.45, 7) is 6.39. The van der Waals surface area contributed by atoms with Gasteiger partial charge in [-0.05, 0) is 54.1 Å². The zero-order valence-corrected chi connectivity index (χ0v) is 22.6. The van der Waals surface area contributed by atoms with Crippen LogP contribution in [0.4, 0.5) is 15.8 Å². The Morgan fingerprint density at radius 1 is 1.17 bits per heavy atom. The van der Waals surface area contributed by atoms with Crippen LogP contribution in [0.5, 0.6) is 5.75 Å². The number of H-pyrrole nitrogens is 1. The van der Waals surface area contributed by atoms with Crippen molar-refractivity contribution < 1.29 is 23.5 Å². The van der Waals surface area contributed by atoms with Crippen molar-refractivity contribution in [3.05, 3.63) is 107 Å². The number of anilines is 2. The van der Waals surface area contributed by atoms with E-state index in [4.69, 9.17) is 4.74 Å². The molecule has 3 N–H and O–H groups in total. The fourth-order valence-corrected chi connectivity index (χ4v) is 5.00. The van der Waals surface area contributed by atoms with Crippen LogP contribution in [0.3, 0.4) is 0 Å². The number of fused-ring (bicyclic) bond motifs is 1. The summed E-state index contributed by atoms with van der Waals surface area (Å²) >= 11 is 0. The average Bonchev–Trinajstić information content (AvgIpc) is 3.63. The Labute approximate surface area is 235 Å². The van der Waals surface area contributed by atoms with Gasteiger partial charge in [0.05, 0.1) is 25.9 Å². The number of halogens is 1. The molecule has 11 heteroatoms. The minimum Gasteiger partial charge on any atom is -0.495 e. The van der Waals surface area contributed by atoms with Crippen molar-refractivity contribution >= 4 is 29.1 Å². The summed E-state index contributed by atoms with van der Waals surface area (Å²) in [6, 6.07) is 14.4. The zero-order valence-electron chi connectivity index (χ0n) is 22.6. The molecule has 0 radical (unpaired) electrons. The van der Waals surface area contributed by atoms with E-state index in [1.165, 1.54) is 19.2 Å². The van der Waals surface area contributed by atoms with Crippen LogP contribution in [0.15, 0.2) is 73.4 Å². The summed E-state index contributed by atoms with van der Waals surface area (Å²) in [5, 5.41) is 10.2. The molecule has 0 spiro atoms. The van der Waals surface area contributed by atoms with E-state index in [2.05, 4.69) is 27.3 Å². The van der Waals surface area contributed by atoms with Gasteiger partial charge in [-0.1, -0.05) is 25.6 Å². The predicted molar refractivity (Wildman–Crippen MR) is 151 cm³/mol. The average molecular weight is 557 g/mol. The number of ether oxygens (including phenoxy) is 1. The molecule has 10 nitrogen and oxygen atoms in total. The Morgan fingerprint density at radius 3 is 2.63 bits per heavy atom. The monoisotopic (exact) mass is 556 g/mol. The van der Waals surface area contributed by atoms with Crippen molar-refractivity contribution in [2.45, 2.75) is 25.9 Å². The van der Waals surface area contributed by atoms with Gasteiger partial charge in [0, 0.05) is 35.6 Å². The highest BCUT2D eigenvalue weighted by Crippen LogP contribution is 2.33. The number of carbonyl (C=O) groups excluding carboxylic acids is 3. The van der Waals surface area contributed by atoms with Crippen LogP contribution in [0.2, 0.25) is 0 Å². The number of rotatable bonds is 8. The lowest BCUT2D eigenvalue weighted by atomic mass is 9.95. The molecule has 0 bridgehead atoms. The molecule has 0 fully saturated rings. The Hall–Kier alpha value is -5.19. The summed E-state index contributed by atoms with van der Waals surface area (Å²) < 4.78 is 20.6. The van der Waals surface area contributed by atoms with E-state index in [0.717, 1.165) is 17.3 Å². The van der Waals surface area contributed by atoms with E-state index in [1.54, 1.807) is 58.2 Å². The highest BCUT2D eigenvalue weighted by Gasteiger charge is 2.34. The number of carbonyl (C=O) groups is 3. The number of amides is 3. The second-order valence-electron chi connectivity index (χ2n) is 9.73. The maximum Gasteiger partial charge on any atom is 0.276 e. The minimum absolute atomic E-state index is 0.131. The number of hydrogen-bond acceptors (Lipinski definition) is 5. The molecule has 5 rings (SSSR count). The fourth-order valence-electron chi connectivity index (χ4n) is 5.00. The molecule has 3 amide bonds. The Balaban J connectivity index is 1.50. The van der Waals surface area contributed by atoms with E-state index in [1.807, 2.05) is 6.92 Å². The topological polar surface area (TPSA) is 121 Å². The summed E-state index contributed by atoms with van der Waals surface area (Å²) in [4.78, 5) is 43.4. The van der Waals surface area contributed by atoms with Gasteiger partial charge >= 0.3 is 0 Å². The molecule has 0 unspecified atom stereocenters. The molecule has 3 heterocycles. The zero-order chi connectivity index (χ0) is 29.1. The molecule has 0 saturated heterocycles. The molecule has 1 aliphatic rings. The third kappa shape index (κ3) is 5.74. The van der Waals surface area contributed by atoms with Crippen molar-refractivity contribution in [2.24, 2.45) is 0 Å². The molecule has 1 atom stereocenters. The molecule has 2 aromatic heterocycles. The van der Waals surface area contributed by atoms with Gasteiger partial charge in [-0.2, -0.15) is 5.10 Å². The van der Waals surface area contributed by atoms with Gasteiger partial charge in [-0.3, -0.25) is 19.1 Å². The first-order valence-electron chi connectivity index (χ1n) is 13.0. The van der Waals surface area contributed by atoms with Crippen molar-refractivity contribution in [3.63, 3.8) is 0 Å². The van der Waals surface area contributed by atoms with E-state index in [0.29, 0.717) is 41.5 Å². The molecule has 0 saturated carbocycles. The molecule has 41 heavy (non-hydrogen) atoms. The van der Waals surface area contributed by atoms with Gasteiger partial charge in [0.15, 0.2) is 5.69 Å². The van der Waals surface area contributed by atoms with Crippen LogP contribution in [-0.4, -0.2) is 51.0 Å². The van der Waals surface area contributed by atoms with Gasteiger partial charge in [0.2, 0.25) is 5.91 Å². The minimum atomic E-state index is -0.480. The lowest BCUT2D eigenvalue weighted by molar-refractivity contribution is -0.111. The van der Waals surface area contributed by atoms with Gasteiger partial charge in [-0.15, -0.1) is 0 Å². The number of benzene rings is 2. The SMILES string of the molecule is C=CC(=O)Nc1cc(NC(=O)c2nn(Cc3ccc(F)cc3)c3c2CN(C(=O)c2ccc[nH]2)C[C@H]3C)ccc1OC. The van der Waals surface area contributed by atoms with Gasteiger partial charge in [0.25, 0.3) is 11.8 Å². The smallest absolute Gasteiger partial charge is 0.276 e.